The average Bonchev–Trinajstić information content (AvgIpc) is 3.33. The van der Waals surface area contributed by atoms with Crippen LogP contribution in [0.25, 0.3) is 11.4 Å². The third-order valence-electron chi connectivity index (χ3n) is 6.14. The Bertz CT molecular complexity index is 1530. The Hall–Kier alpha value is -4.04. The van der Waals surface area contributed by atoms with Crippen molar-refractivity contribution in [2.24, 2.45) is 0 Å². The number of aryl methyl sites for hydroxylation is 2. The van der Waals surface area contributed by atoms with Crippen molar-refractivity contribution in [1.29, 1.82) is 0 Å². The number of halogens is 1. The topological polar surface area (TPSA) is 95.8 Å². The molecule has 7 nitrogen and oxygen atoms in total. The fourth-order valence-corrected chi connectivity index (χ4v) is 4.91. The molecule has 0 saturated carbocycles. The molecular weight excluding hydrogens is 508 g/mol. The molecule has 0 atom stereocenters. The Morgan fingerprint density at radius 3 is 1.66 bits per heavy atom. The molecule has 176 valence electrons. The van der Waals surface area contributed by atoms with E-state index in [9.17, 15) is 14.7 Å². The summed E-state index contributed by atoms with van der Waals surface area (Å²) in [5.74, 6) is -0.814. The van der Waals surface area contributed by atoms with Crippen molar-refractivity contribution in [1.82, 2.24) is 19.6 Å². The monoisotopic (exact) mass is 530 g/mol. The first-order chi connectivity index (χ1) is 16.9. The molecule has 3 aromatic carbocycles. The van der Waals surface area contributed by atoms with E-state index in [0.717, 1.165) is 4.47 Å². The van der Waals surface area contributed by atoms with Crippen molar-refractivity contribution >= 4 is 15.9 Å². The summed E-state index contributed by atoms with van der Waals surface area (Å²) in [4.78, 5) is 27.6. The van der Waals surface area contributed by atoms with E-state index in [1.54, 1.807) is 32.0 Å². The molecule has 0 amide bonds. The zero-order valence-corrected chi connectivity index (χ0v) is 20.7. The van der Waals surface area contributed by atoms with E-state index in [1.807, 2.05) is 60.7 Å². The molecule has 0 aliphatic heterocycles. The Morgan fingerprint density at radius 1 is 0.743 bits per heavy atom. The normalized spacial score (nSPS) is 11.3. The highest BCUT2D eigenvalue weighted by Crippen LogP contribution is 2.38. The molecule has 5 aromatic rings. The molecule has 8 heteroatoms. The second-order valence-electron chi connectivity index (χ2n) is 8.39. The number of aromatic amines is 2. The number of nitrogens with zero attached hydrogens (tertiary/aromatic N) is 2. The number of hydrogen-bond acceptors (Lipinski definition) is 3. The summed E-state index contributed by atoms with van der Waals surface area (Å²) in [6.45, 7) is 3.60. The number of aromatic hydroxyl groups is 1. The van der Waals surface area contributed by atoms with Gasteiger partial charge >= 0.3 is 0 Å². The van der Waals surface area contributed by atoms with Crippen molar-refractivity contribution in [3.8, 4) is 17.1 Å². The summed E-state index contributed by atoms with van der Waals surface area (Å²) < 4.78 is 3.65. The van der Waals surface area contributed by atoms with Gasteiger partial charge in [0.2, 0.25) is 0 Å². The van der Waals surface area contributed by atoms with Gasteiger partial charge in [0, 0.05) is 21.4 Å². The first-order valence-corrected chi connectivity index (χ1v) is 11.9. The van der Waals surface area contributed by atoms with Crippen LogP contribution in [0.4, 0.5) is 0 Å². The highest BCUT2D eigenvalue weighted by molar-refractivity contribution is 9.10. The summed E-state index contributed by atoms with van der Waals surface area (Å²) in [6, 6.07) is 23.5. The lowest BCUT2D eigenvalue weighted by Crippen LogP contribution is -2.25. The molecule has 0 saturated heterocycles. The van der Waals surface area contributed by atoms with E-state index in [4.69, 9.17) is 0 Å². The SMILES string of the molecule is Cc1[nH]n(-c2ccccc2)c(=O)c1C(c1cc(Br)ccc1O)c1c(C)[nH]n(-c2ccccc2)c1=O. The first kappa shape index (κ1) is 22.7. The molecular formula is C27H23BrN4O3. The van der Waals surface area contributed by atoms with Gasteiger partial charge in [-0.25, -0.2) is 9.36 Å². The summed E-state index contributed by atoms with van der Waals surface area (Å²) in [5, 5.41) is 17.2. The lowest BCUT2D eigenvalue weighted by Gasteiger charge is -2.17. The molecule has 5 rings (SSSR count). The lowest BCUT2D eigenvalue weighted by molar-refractivity contribution is 0.467. The number of aromatic nitrogens is 4. The van der Waals surface area contributed by atoms with Gasteiger partial charge in [0.25, 0.3) is 11.1 Å². The summed E-state index contributed by atoms with van der Waals surface area (Å²) in [6.07, 6.45) is 0. The second-order valence-corrected chi connectivity index (χ2v) is 9.31. The second kappa shape index (κ2) is 8.96. The van der Waals surface area contributed by atoms with Gasteiger partial charge in [-0.15, -0.1) is 0 Å². The summed E-state index contributed by atoms with van der Waals surface area (Å²) in [7, 11) is 0. The van der Waals surface area contributed by atoms with E-state index in [2.05, 4.69) is 26.1 Å². The largest absolute Gasteiger partial charge is 0.508 e. The van der Waals surface area contributed by atoms with Crippen LogP contribution in [0.1, 0.15) is 34.0 Å². The number of nitrogens with one attached hydrogen (secondary N) is 2. The minimum atomic E-state index is -0.810. The number of H-pyrrole nitrogens is 2. The highest BCUT2D eigenvalue weighted by Gasteiger charge is 2.32. The minimum absolute atomic E-state index is 0.00396. The molecule has 2 heterocycles. The van der Waals surface area contributed by atoms with Gasteiger partial charge < -0.3 is 5.11 Å². The lowest BCUT2D eigenvalue weighted by atomic mass is 9.85. The maximum absolute atomic E-state index is 13.8. The van der Waals surface area contributed by atoms with Gasteiger partial charge in [-0.2, -0.15) is 0 Å². The molecule has 35 heavy (non-hydrogen) atoms. The highest BCUT2D eigenvalue weighted by atomic mass is 79.9. The van der Waals surface area contributed by atoms with Gasteiger partial charge in [-0.3, -0.25) is 19.8 Å². The third kappa shape index (κ3) is 3.95. The molecule has 0 aliphatic carbocycles. The molecule has 0 aliphatic rings. The number of rotatable bonds is 5. The maximum Gasteiger partial charge on any atom is 0.275 e. The van der Waals surface area contributed by atoms with Crippen LogP contribution in [-0.4, -0.2) is 24.7 Å². The van der Waals surface area contributed by atoms with Crippen molar-refractivity contribution in [2.45, 2.75) is 19.8 Å². The smallest absolute Gasteiger partial charge is 0.275 e. The predicted octanol–water partition coefficient (Wildman–Crippen LogP) is 4.91. The van der Waals surface area contributed by atoms with Gasteiger partial charge in [0.15, 0.2) is 0 Å². The third-order valence-corrected chi connectivity index (χ3v) is 6.63. The molecule has 0 unspecified atom stereocenters. The van der Waals surface area contributed by atoms with Gasteiger partial charge in [-0.05, 0) is 56.3 Å². The van der Waals surface area contributed by atoms with Crippen LogP contribution in [-0.2, 0) is 0 Å². The zero-order valence-electron chi connectivity index (χ0n) is 19.1. The fourth-order valence-electron chi connectivity index (χ4n) is 4.53. The number of phenols is 1. The molecule has 2 aromatic heterocycles. The molecule has 3 N–H and O–H groups in total. The Balaban J connectivity index is 1.81. The quantitative estimate of drug-likeness (QED) is 0.301. The van der Waals surface area contributed by atoms with E-state index in [0.29, 0.717) is 39.5 Å². The van der Waals surface area contributed by atoms with Gasteiger partial charge in [0.1, 0.15) is 5.75 Å². The number of benzene rings is 3. The molecule has 0 spiro atoms. The van der Waals surface area contributed by atoms with E-state index in [1.165, 1.54) is 9.36 Å². The van der Waals surface area contributed by atoms with Crippen LogP contribution >= 0.6 is 15.9 Å². The Labute approximate surface area is 209 Å². The van der Waals surface area contributed by atoms with Crippen molar-refractivity contribution < 1.29 is 5.11 Å². The maximum atomic E-state index is 13.8. The first-order valence-electron chi connectivity index (χ1n) is 11.1. The van der Waals surface area contributed by atoms with Crippen LogP contribution in [0.3, 0.4) is 0 Å². The van der Waals surface area contributed by atoms with Gasteiger partial charge in [-0.1, -0.05) is 52.3 Å². The van der Waals surface area contributed by atoms with Gasteiger partial charge in [0.05, 0.1) is 28.4 Å². The summed E-state index contributed by atoms with van der Waals surface area (Å²) in [5.41, 5.74) is 3.23. The fraction of sp³-hybridized carbons (Fsp3) is 0.111. The Morgan fingerprint density at radius 2 is 1.20 bits per heavy atom. The van der Waals surface area contributed by atoms with Crippen molar-refractivity contribution in [3.63, 3.8) is 0 Å². The number of hydrogen-bond donors (Lipinski definition) is 3. The number of phenolic OH excluding ortho intramolecular Hbond substituents is 1. The molecule has 0 radical (unpaired) electrons. The van der Waals surface area contributed by atoms with Crippen LogP contribution in [0.2, 0.25) is 0 Å². The van der Waals surface area contributed by atoms with Crippen LogP contribution in [0, 0.1) is 13.8 Å². The molecule has 0 bridgehead atoms. The standard InChI is InChI=1S/C27H23BrN4O3/c1-16-23(26(34)31(29-16)19-9-5-3-6-10-19)25(21-15-18(28)13-14-22(21)33)24-17(2)30-32(27(24)35)20-11-7-4-8-12-20/h3-15,25,29-30,33H,1-2H3. The molecule has 0 fully saturated rings. The van der Waals surface area contributed by atoms with Crippen LogP contribution in [0.5, 0.6) is 5.75 Å². The van der Waals surface area contributed by atoms with E-state index in [-0.39, 0.29) is 16.9 Å². The van der Waals surface area contributed by atoms with E-state index < -0.39 is 5.92 Å². The van der Waals surface area contributed by atoms with Crippen LogP contribution in [0.15, 0.2) is 92.9 Å². The minimum Gasteiger partial charge on any atom is -0.508 e. The summed E-state index contributed by atoms with van der Waals surface area (Å²) >= 11 is 3.47. The number of para-hydroxylation sites is 2. The Kier molecular flexibility index (Phi) is 5.82. The predicted molar refractivity (Wildman–Crippen MR) is 139 cm³/mol. The van der Waals surface area contributed by atoms with Crippen molar-refractivity contribution in [2.75, 3.05) is 0 Å². The van der Waals surface area contributed by atoms with Crippen molar-refractivity contribution in [3.05, 3.63) is 132 Å². The zero-order chi connectivity index (χ0) is 24.7. The van der Waals surface area contributed by atoms with E-state index >= 15 is 0 Å². The average molecular weight is 531 g/mol. The van der Waals surface area contributed by atoms with Crippen LogP contribution < -0.4 is 11.1 Å².